The van der Waals surface area contributed by atoms with Gasteiger partial charge in [-0.05, 0) is 17.9 Å². The number of rotatable bonds is 6. The summed E-state index contributed by atoms with van der Waals surface area (Å²) < 4.78 is 5.05. The minimum absolute atomic E-state index is 0.0612. The van der Waals surface area contributed by atoms with Gasteiger partial charge >= 0.3 is 6.09 Å². The first kappa shape index (κ1) is 19.4. The Kier molecular flexibility index (Phi) is 11.3. The van der Waals surface area contributed by atoms with Crippen LogP contribution in [-0.4, -0.2) is 23.8 Å². The predicted octanol–water partition coefficient (Wildman–Crippen LogP) is 3.74. The van der Waals surface area contributed by atoms with E-state index >= 15 is 0 Å². The highest BCUT2D eigenvalue weighted by Crippen LogP contribution is 2.01. The number of carbonyl (C=O) groups is 1. The van der Waals surface area contributed by atoms with Crippen molar-refractivity contribution in [3.63, 3.8) is 0 Å². The van der Waals surface area contributed by atoms with Crippen LogP contribution in [0, 0.1) is 5.92 Å². The molecule has 1 unspecified atom stereocenters. The smallest absolute Gasteiger partial charge is 0.407 e. The van der Waals surface area contributed by atoms with Crippen LogP contribution in [0.3, 0.4) is 0 Å². The van der Waals surface area contributed by atoms with Gasteiger partial charge in [-0.2, -0.15) is 0 Å². The maximum atomic E-state index is 11.4. The lowest BCUT2D eigenvalue weighted by molar-refractivity contribution is 0.128. The largest absolute Gasteiger partial charge is 0.445 e. The molecule has 1 aromatic carbocycles. The monoisotopic (exact) mass is 295 g/mol. The summed E-state index contributed by atoms with van der Waals surface area (Å²) in [5.74, 6) is 0.833. The van der Waals surface area contributed by atoms with E-state index in [9.17, 15) is 4.79 Å². The van der Waals surface area contributed by atoms with Crippen molar-refractivity contribution in [2.24, 2.45) is 5.92 Å². The van der Waals surface area contributed by atoms with Crippen LogP contribution < -0.4 is 5.32 Å². The third-order valence-electron chi connectivity index (χ3n) is 2.39. The van der Waals surface area contributed by atoms with E-state index in [4.69, 9.17) is 9.84 Å². The van der Waals surface area contributed by atoms with Crippen LogP contribution in [0.25, 0.3) is 0 Å². The van der Waals surface area contributed by atoms with Crippen molar-refractivity contribution in [3.05, 3.63) is 35.9 Å². The van der Waals surface area contributed by atoms with Crippen LogP contribution in [0.1, 0.15) is 46.1 Å². The average Bonchev–Trinajstić information content (AvgIpc) is 2.45. The van der Waals surface area contributed by atoms with Gasteiger partial charge in [0.1, 0.15) is 6.61 Å². The van der Waals surface area contributed by atoms with Gasteiger partial charge in [0, 0.05) is 0 Å². The standard InChI is InChI=1S/C13H19NO3.C4H10/c1-2-6-12(9-15)14-13(16)17-10-11-7-4-3-5-8-11;1-4(2)3/h3-5,7-8,12,15H,2,6,9-10H2,1H3,(H,14,16);4H,1-3H3. The van der Waals surface area contributed by atoms with E-state index in [1.807, 2.05) is 37.3 Å². The molecule has 0 heterocycles. The molecule has 0 saturated heterocycles. The lowest BCUT2D eigenvalue weighted by atomic mass is 10.2. The minimum atomic E-state index is -0.485. The van der Waals surface area contributed by atoms with Crippen LogP contribution in [0.2, 0.25) is 0 Å². The molecule has 0 aliphatic rings. The van der Waals surface area contributed by atoms with Gasteiger partial charge in [-0.1, -0.05) is 64.4 Å². The zero-order chi connectivity index (χ0) is 16.1. The van der Waals surface area contributed by atoms with Crippen LogP contribution in [0.15, 0.2) is 30.3 Å². The zero-order valence-electron chi connectivity index (χ0n) is 13.6. The van der Waals surface area contributed by atoms with E-state index in [1.54, 1.807) is 0 Å². The second-order valence-corrected chi connectivity index (χ2v) is 5.61. The number of benzene rings is 1. The number of carbonyl (C=O) groups excluding carboxylic acids is 1. The van der Waals surface area contributed by atoms with Crippen molar-refractivity contribution in [2.45, 2.75) is 53.2 Å². The van der Waals surface area contributed by atoms with Crippen LogP contribution in [0.4, 0.5) is 4.79 Å². The predicted molar refractivity (Wildman–Crippen MR) is 86.1 cm³/mol. The molecule has 0 saturated carbocycles. The Morgan fingerprint density at radius 2 is 1.81 bits per heavy atom. The normalized spacial score (nSPS) is 11.3. The van der Waals surface area contributed by atoms with Gasteiger partial charge in [-0.15, -0.1) is 0 Å². The van der Waals surface area contributed by atoms with E-state index in [2.05, 4.69) is 26.1 Å². The summed E-state index contributed by atoms with van der Waals surface area (Å²) in [4.78, 5) is 11.4. The third-order valence-corrected chi connectivity index (χ3v) is 2.39. The summed E-state index contributed by atoms with van der Waals surface area (Å²) in [6, 6.07) is 9.26. The Hall–Kier alpha value is -1.55. The Bertz CT molecular complexity index is 363. The maximum Gasteiger partial charge on any atom is 0.407 e. The number of nitrogens with one attached hydrogen (secondary N) is 1. The molecule has 4 nitrogen and oxygen atoms in total. The maximum absolute atomic E-state index is 11.4. The van der Waals surface area contributed by atoms with Crippen LogP contribution >= 0.6 is 0 Å². The molecule has 1 rings (SSSR count). The minimum Gasteiger partial charge on any atom is -0.445 e. The fraction of sp³-hybridized carbons (Fsp3) is 0.588. The highest BCUT2D eigenvalue weighted by molar-refractivity contribution is 5.67. The van der Waals surface area contributed by atoms with Gasteiger partial charge in [0.05, 0.1) is 12.6 Å². The lowest BCUT2D eigenvalue weighted by Gasteiger charge is -2.15. The molecule has 4 heteroatoms. The van der Waals surface area contributed by atoms with Gasteiger partial charge in [0.25, 0.3) is 0 Å². The molecular weight excluding hydrogens is 266 g/mol. The van der Waals surface area contributed by atoms with Crippen molar-refractivity contribution < 1.29 is 14.6 Å². The van der Waals surface area contributed by atoms with Crippen LogP contribution in [0.5, 0.6) is 0 Å². The summed E-state index contributed by atoms with van der Waals surface area (Å²) in [6.07, 6.45) is 1.17. The Balaban J connectivity index is 0.000000885. The number of ether oxygens (including phenoxy) is 1. The molecule has 1 atom stereocenters. The van der Waals surface area contributed by atoms with Crippen molar-refractivity contribution in [1.29, 1.82) is 0 Å². The molecule has 120 valence electrons. The summed E-state index contributed by atoms with van der Waals surface area (Å²) >= 11 is 0. The Morgan fingerprint density at radius 1 is 1.24 bits per heavy atom. The van der Waals surface area contributed by atoms with Gasteiger partial charge < -0.3 is 15.2 Å². The Labute approximate surface area is 128 Å². The third kappa shape index (κ3) is 11.9. The molecule has 0 radical (unpaired) electrons. The number of hydrogen-bond donors (Lipinski definition) is 2. The van der Waals surface area contributed by atoms with E-state index < -0.39 is 6.09 Å². The van der Waals surface area contributed by atoms with Crippen LogP contribution in [-0.2, 0) is 11.3 Å². The topological polar surface area (TPSA) is 58.6 Å². The highest BCUT2D eigenvalue weighted by Gasteiger charge is 2.10. The quantitative estimate of drug-likeness (QED) is 0.840. The molecule has 0 bridgehead atoms. The van der Waals surface area contributed by atoms with Gasteiger partial charge in [-0.25, -0.2) is 4.79 Å². The number of amides is 1. The molecule has 0 spiro atoms. The van der Waals surface area contributed by atoms with Gasteiger partial charge in [-0.3, -0.25) is 0 Å². The molecule has 0 fully saturated rings. The molecule has 1 amide bonds. The summed E-state index contributed by atoms with van der Waals surface area (Å²) in [5.41, 5.74) is 0.943. The van der Waals surface area contributed by atoms with Crippen molar-refractivity contribution >= 4 is 6.09 Å². The summed E-state index contributed by atoms with van der Waals surface area (Å²) in [7, 11) is 0. The first-order chi connectivity index (χ1) is 9.99. The van der Waals surface area contributed by atoms with Crippen molar-refractivity contribution in [2.75, 3.05) is 6.61 Å². The Morgan fingerprint density at radius 3 is 2.29 bits per heavy atom. The van der Waals surface area contributed by atoms with E-state index in [0.29, 0.717) is 0 Å². The highest BCUT2D eigenvalue weighted by atomic mass is 16.5. The second-order valence-electron chi connectivity index (χ2n) is 5.61. The second kappa shape index (κ2) is 12.2. The first-order valence-electron chi connectivity index (χ1n) is 7.57. The van der Waals surface area contributed by atoms with Gasteiger partial charge in [0.2, 0.25) is 0 Å². The fourth-order valence-corrected chi connectivity index (χ4v) is 1.49. The van der Waals surface area contributed by atoms with E-state index in [0.717, 1.165) is 24.3 Å². The first-order valence-corrected chi connectivity index (χ1v) is 7.57. The number of alkyl carbamates (subject to hydrolysis) is 1. The summed E-state index contributed by atoms with van der Waals surface area (Å²) in [5, 5.41) is 11.6. The molecule has 0 aliphatic carbocycles. The molecule has 0 aliphatic heterocycles. The molecule has 1 aromatic rings. The van der Waals surface area contributed by atoms with Crippen molar-refractivity contribution in [3.8, 4) is 0 Å². The average molecular weight is 295 g/mol. The zero-order valence-corrected chi connectivity index (χ0v) is 13.6. The van der Waals surface area contributed by atoms with E-state index in [-0.39, 0.29) is 19.3 Å². The molecule has 0 aromatic heterocycles. The van der Waals surface area contributed by atoms with E-state index in [1.165, 1.54) is 0 Å². The number of aliphatic hydroxyl groups excluding tert-OH is 1. The molecule has 2 N–H and O–H groups in total. The fourth-order valence-electron chi connectivity index (χ4n) is 1.49. The number of aliphatic hydroxyl groups is 1. The van der Waals surface area contributed by atoms with Gasteiger partial charge in [0.15, 0.2) is 0 Å². The SMILES string of the molecule is CC(C)C.CCCC(CO)NC(=O)OCc1ccccc1. The molecular formula is C17H29NO3. The lowest BCUT2D eigenvalue weighted by Crippen LogP contribution is -2.37. The van der Waals surface area contributed by atoms with Crippen molar-refractivity contribution in [1.82, 2.24) is 5.32 Å². The number of hydrogen-bond acceptors (Lipinski definition) is 3. The summed E-state index contributed by atoms with van der Waals surface area (Å²) in [6.45, 7) is 8.69. The molecule has 21 heavy (non-hydrogen) atoms.